The molecule has 1 atom stereocenters. The molecule has 0 aliphatic rings. The summed E-state index contributed by atoms with van der Waals surface area (Å²) in [7, 11) is 1.35. The van der Waals surface area contributed by atoms with Crippen LogP contribution in [0.15, 0.2) is 36.8 Å². The number of pyridine rings is 1. The molecule has 7 nitrogen and oxygen atoms in total. The normalized spacial score (nSPS) is 14.0. The van der Waals surface area contributed by atoms with E-state index < -0.39 is 36.6 Å². The van der Waals surface area contributed by atoms with Gasteiger partial charge in [-0.15, -0.1) is 0 Å². The van der Waals surface area contributed by atoms with Gasteiger partial charge in [0.05, 0.1) is 0 Å². The van der Waals surface area contributed by atoms with E-state index in [1.54, 1.807) is 12.1 Å². The zero-order valence-electron chi connectivity index (χ0n) is 12.7. The molecule has 0 bridgehead atoms. The van der Waals surface area contributed by atoms with Crippen LogP contribution in [0.2, 0.25) is 0 Å². The number of carbonyl (C=O) groups is 1. The molecule has 0 aromatic carbocycles. The van der Waals surface area contributed by atoms with Gasteiger partial charge in [-0.3, -0.25) is 5.32 Å². The van der Waals surface area contributed by atoms with E-state index >= 15 is 0 Å². The number of nitrogens with zero attached hydrogens (tertiary/aromatic N) is 3. The number of aryl methyl sites for hydroxylation is 1. The second-order valence-electron chi connectivity index (χ2n) is 5.07. The van der Waals surface area contributed by atoms with Crippen molar-refractivity contribution in [1.29, 1.82) is 0 Å². The van der Waals surface area contributed by atoms with Gasteiger partial charge in [-0.05, 0) is 12.1 Å². The van der Waals surface area contributed by atoms with E-state index in [-0.39, 0.29) is 5.82 Å². The third-order valence-electron chi connectivity index (χ3n) is 3.34. The second kappa shape index (κ2) is 6.87. The van der Waals surface area contributed by atoms with Crippen LogP contribution in [0.5, 0.6) is 0 Å². The van der Waals surface area contributed by atoms with Crippen molar-refractivity contribution in [1.82, 2.24) is 19.9 Å². The van der Waals surface area contributed by atoms with Crippen molar-refractivity contribution in [2.45, 2.75) is 18.2 Å². The fraction of sp³-hybridized carbons (Fsp3) is 0.357. The maximum Gasteiger partial charge on any atom is 0.424 e. The average Bonchev–Trinajstić information content (AvgIpc) is 2.93. The van der Waals surface area contributed by atoms with Crippen LogP contribution in [0.25, 0.3) is 0 Å². The van der Waals surface area contributed by atoms with Crippen molar-refractivity contribution in [3.63, 3.8) is 0 Å². The number of rotatable bonds is 5. The fourth-order valence-corrected chi connectivity index (χ4v) is 2.10. The van der Waals surface area contributed by atoms with Gasteiger partial charge in [-0.25, -0.2) is 14.8 Å². The van der Waals surface area contributed by atoms with Crippen LogP contribution in [0.3, 0.4) is 0 Å². The monoisotopic (exact) mass is 343 g/mol. The SMILES string of the molecule is Cn1ccnc1C(O)(CCNC(=O)Nc1ccccn1)C(F)(F)F. The third-order valence-corrected chi connectivity index (χ3v) is 3.34. The van der Waals surface area contributed by atoms with Crippen LogP contribution in [0, 0.1) is 0 Å². The third kappa shape index (κ3) is 3.82. The minimum atomic E-state index is -4.94. The lowest BCUT2D eigenvalue weighted by Gasteiger charge is -2.29. The number of imidazole rings is 1. The van der Waals surface area contributed by atoms with Crippen molar-refractivity contribution in [3.8, 4) is 0 Å². The predicted molar refractivity (Wildman–Crippen MR) is 79.0 cm³/mol. The quantitative estimate of drug-likeness (QED) is 0.772. The van der Waals surface area contributed by atoms with Gasteiger partial charge >= 0.3 is 12.2 Å². The van der Waals surface area contributed by atoms with E-state index in [0.717, 1.165) is 10.8 Å². The number of urea groups is 1. The Kier molecular flexibility index (Phi) is 5.07. The molecule has 0 aliphatic heterocycles. The number of anilines is 1. The summed E-state index contributed by atoms with van der Waals surface area (Å²) in [6.45, 7) is -0.415. The molecule has 0 fully saturated rings. The standard InChI is InChI=1S/C14H16F3N5O2/c1-22-9-8-19-11(22)13(24,14(15,16)17)5-7-20-12(23)21-10-4-2-3-6-18-10/h2-4,6,8-9,24H,5,7H2,1H3,(H2,18,20,21,23). The van der Waals surface area contributed by atoms with Gasteiger partial charge in [0.2, 0.25) is 5.60 Å². The minimum Gasteiger partial charge on any atom is -0.374 e. The molecule has 130 valence electrons. The highest BCUT2D eigenvalue weighted by molar-refractivity contribution is 5.88. The molecule has 0 aliphatic carbocycles. The summed E-state index contributed by atoms with van der Waals surface area (Å²) in [5.41, 5.74) is -3.16. The first kappa shape index (κ1) is 17.7. The molecule has 0 radical (unpaired) electrons. The molecule has 1 unspecified atom stereocenters. The molecule has 24 heavy (non-hydrogen) atoms. The Morgan fingerprint density at radius 3 is 2.58 bits per heavy atom. The molecule has 3 N–H and O–H groups in total. The molecule has 2 amide bonds. The highest BCUT2D eigenvalue weighted by Crippen LogP contribution is 2.40. The number of alkyl halides is 3. The Hall–Kier alpha value is -2.62. The van der Waals surface area contributed by atoms with E-state index in [2.05, 4.69) is 20.6 Å². The predicted octanol–water partition coefficient (Wildman–Crippen LogP) is 1.78. The van der Waals surface area contributed by atoms with Crippen LogP contribution in [-0.4, -0.2) is 38.4 Å². The number of nitrogens with one attached hydrogen (secondary N) is 2. The molecule has 2 rings (SSSR count). The van der Waals surface area contributed by atoms with Crippen LogP contribution in [-0.2, 0) is 12.6 Å². The van der Waals surface area contributed by atoms with Crippen LogP contribution < -0.4 is 10.6 Å². The molecule has 2 aromatic rings. The molecular formula is C14H16F3N5O2. The topological polar surface area (TPSA) is 92.1 Å². The summed E-state index contributed by atoms with van der Waals surface area (Å²) in [6, 6.07) is 4.10. The Morgan fingerprint density at radius 2 is 2.04 bits per heavy atom. The first-order chi connectivity index (χ1) is 11.2. The lowest BCUT2D eigenvalue weighted by Crippen LogP contribution is -2.47. The van der Waals surface area contributed by atoms with Crippen molar-refractivity contribution < 1.29 is 23.1 Å². The smallest absolute Gasteiger partial charge is 0.374 e. The number of aromatic nitrogens is 3. The minimum absolute atomic E-state index is 0.255. The number of hydrogen-bond acceptors (Lipinski definition) is 4. The van der Waals surface area contributed by atoms with Crippen LogP contribution in [0.1, 0.15) is 12.2 Å². The number of hydrogen-bond donors (Lipinski definition) is 3. The lowest BCUT2D eigenvalue weighted by molar-refractivity contribution is -0.272. The summed E-state index contributed by atoms with van der Waals surface area (Å²) in [5.74, 6) is -0.285. The van der Waals surface area contributed by atoms with Crippen molar-refractivity contribution in [2.24, 2.45) is 7.05 Å². The molecule has 2 heterocycles. The molecule has 10 heteroatoms. The van der Waals surface area contributed by atoms with Gasteiger partial charge < -0.3 is 15.0 Å². The number of halogens is 3. The van der Waals surface area contributed by atoms with Crippen molar-refractivity contribution in [3.05, 3.63) is 42.6 Å². The molecular weight excluding hydrogens is 327 g/mol. The Bertz CT molecular complexity index is 689. The first-order valence-electron chi connectivity index (χ1n) is 6.97. The Labute approximate surface area is 135 Å². The van der Waals surface area contributed by atoms with E-state index in [4.69, 9.17) is 0 Å². The number of amides is 2. The van der Waals surface area contributed by atoms with E-state index in [0.29, 0.717) is 0 Å². The summed E-state index contributed by atoms with van der Waals surface area (Å²) in [5, 5.41) is 14.7. The number of aliphatic hydroxyl groups is 1. The molecule has 0 saturated carbocycles. The average molecular weight is 343 g/mol. The van der Waals surface area contributed by atoms with Gasteiger partial charge in [-0.1, -0.05) is 6.07 Å². The molecule has 0 spiro atoms. The van der Waals surface area contributed by atoms with Crippen LogP contribution in [0.4, 0.5) is 23.8 Å². The van der Waals surface area contributed by atoms with Crippen LogP contribution >= 0.6 is 0 Å². The van der Waals surface area contributed by atoms with Gasteiger partial charge in [0.15, 0.2) is 0 Å². The van der Waals surface area contributed by atoms with E-state index in [1.165, 1.54) is 25.5 Å². The second-order valence-corrected chi connectivity index (χ2v) is 5.07. The summed E-state index contributed by atoms with van der Waals surface area (Å²) < 4.78 is 40.9. The molecule has 0 saturated heterocycles. The summed E-state index contributed by atoms with van der Waals surface area (Å²) >= 11 is 0. The van der Waals surface area contributed by atoms with Gasteiger partial charge in [-0.2, -0.15) is 13.2 Å². The fourth-order valence-electron chi connectivity index (χ4n) is 2.10. The summed E-state index contributed by atoms with van der Waals surface area (Å²) in [6.07, 6.45) is -1.80. The largest absolute Gasteiger partial charge is 0.424 e. The van der Waals surface area contributed by atoms with E-state index in [1.807, 2.05) is 0 Å². The maximum atomic E-state index is 13.3. The Morgan fingerprint density at radius 1 is 1.29 bits per heavy atom. The highest BCUT2D eigenvalue weighted by atomic mass is 19.4. The zero-order chi connectivity index (χ0) is 17.8. The maximum absolute atomic E-state index is 13.3. The van der Waals surface area contributed by atoms with Gasteiger partial charge in [0, 0.05) is 38.6 Å². The number of carbonyl (C=O) groups excluding carboxylic acids is 1. The highest BCUT2D eigenvalue weighted by Gasteiger charge is 2.57. The zero-order valence-corrected chi connectivity index (χ0v) is 12.7. The van der Waals surface area contributed by atoms with Gasteiger partial charge in [0.1, 0.15) is 11.6 Å². The molecule has 2 aromatic heterocycles. The van der Waals surface area contributed by atoms with E-state index in [9.17, 15) is 23.1 Å². The lowest BCUT2D eigenvalue weighted by atomic mass is 9.97. The van der Waals surface area contributed by atoms with Crippen molar-refractivity contribution >= 4 is 11.8 Å². The van der Waals surface area contributed by atoms with Gasteiger partial charge in [0.25, 0.3) is 0 Å². The summed E-state index contributed by atoms with van der Waals surface area (Å²) in [4.78, 5) is 19.1. The van der Waals surface area contributed by atoms with Crippen molar-refractivity contribution in [2.75, 3.05) is 11.9 Å². The Balaban J connectivity index is 1.99. The first-order valence-corrected chi connectivity index (χ1v) is 6.97.